The van der Waals surface area contributed by atoms with E-state index in [9.17, 15) is 0 Å². The van der Waals surface area contributed by atoms with Crippen LogP contribution in [0.25, 0.3) is 0 Å². The molecule has 0 rings (SSSR count). The lowest BCUT2D eigenvalue weighted by Gasteiger charge is -2.06. The molecule has 0 heterocycles. The molecule has 0 aromatic carbocycles. The summed E-state index contributed by atoms with van der Waals surface area (Å²) in [6.45, 7) is 11.2. The lowest BCUT2D eigenvalue weighted by molar-refractivity contribution is 0.502. The molecule has 0 saturated carbocycles. The van der Waals surface area contributed by atoms with Gasteiger partial charge in [-0.05, 0) is 36.3 Å². The molecule has 0 heteroatoms. The maximum Gasteiger partial charge on any atom is -0.0186 e. The van der Waals surface area contributed by atoms with Crippen molar-refractivity contribution in [3.63, 3.8) is 0 Å². The van der Waals surface area contributed by atoms with Gasteiger partial charge in [-0.2, -0.15) is 0 Å². The smallest absolute Gasteiger partial charge is 0.0186 e. The van der Waals surface area contributed by atoms with Gasteiger partial charge < -0.3 is 0 Å². The SMILES string of the molecule is CC(C)C=C=CC(C)CCC(C)C. The molecule has 0 aliphatic rings. The third kappa shape index (κ3) is 9.43. The van der Waals surface area contributed by atoms with Crippen molar-refractivity contribution in [1.29, 1.82) is 0 Å². The minimum Gasteiger partial charge on any atom is -0.129 e. The standard InChI is InChI=1S/C13H24/c1-11(2)7-6-8-13(5)10-9-12(3)4/h7-8,11-13H,9-10H2,1-5H3. The van der Waals surface area contributed by atoms with Crippen molar-refractivity contribution < 1.29 is 0 Å². The minimum absolute atomic E-state index is 0.619. The van der Waals surface area contributed by atoms with Gasteiger partial charge in [-0.1, -0.05) is 41.0 Å². The summed E-state index contributed by atoms with van der Waals surface area (Å²) in [5.41, 5.74) is 3.26. The zero-order chi connectivity index (χ0) is 10.3. The quantitative estimate of drug-likeness (QED) is 0.549. The molecule has 13 heavy (non-hydrogen) atoms. The fourth-order valence-corrected chi connectivity index (χ4v) is 1.09. The van der Waals surface area contributed by atoms with Crippen molar-refractivity contribution >= 4 is 0 Å². The second-order valence-corrected chi connectivity index (χ2v) is 4.69. The summed E-state index contributed by atoms with van der Waals surface area (Å²) in [4.78, 5) is 0. The zero-order valence-corrected chi connectivity index (χ0v) is 9.80. The lowest BCUT2D eigenvalue weighted by atomic mass is 9.99. The largest absolute Gasteiger partial charge is 0.129 e. The molecular weight excluding hydrogens is 156 g/mol. The van der Waals surface area contributed by atoms with E-state index < -0.39 is 0 Å². The molecule has 0 amide bonds. The molecule has 0 fully saturated rings. The van der Waals surface area contributed by atoms with Gasteiger partial charge in [0, 0.05) is 0 Å². The molecule has 0 aromatic rings. The van der Waals surface area contributed by atoms with Crippen LogP contribution in [0.2, 0.25) is 0 Å². The average molecular weight is 180 g/mol. The van der Waals surface area contributed by atoms with Gasteiger partial charge in [0.05, 0.1) is 0 Å². The van der Waals surface area contributed by atoms with Gasteiger partial charge in [-0.15, -0.1) is 5.73 Å². The van der Waals surface area contributed by atoms with Crippen LogP contribution in [0.1, 0.15) is 47.5 Å². The van der Waals surface area contributed by atoms with Crippen LogP contribution in [0, 0.1) is 17.8 Å². The van der Waals surface area contributed by atoms with Crippen molar-refractivity contribution in [1.82, 2.24) is 0 Å². The maximum absolute atomic E-state index is 3.26. The predicted molar refractivity (Wildman–Crippen MR) is 60.7 cm³/mol. The van der Waals surface area contributed by atoms with Gasteiger partial charge >= 0.3 is 0 Å². The molecule has 0 N–H and O–H groups in total. The monoisotopic (exact) mass is 180 g/mol. The fraction of sp³-hybridized carbons (Fsp3) is 0.769. The van der Waals surface area contributed by atoms with E-state index in [-0.39, 0.29) is 0 Å². The molecule has 0 spiro atoms. The molecule has 0 aromatic heterocycles. The van der Waals surface area contributed by atoms with Gasteiger partial charge in [0.1, 0.15) is 0 Å². The van der Waals surface area contributed by atoms with Gasteiger partial charge in [-0.25, -0.2) is 0 Å². The van der Waals surface area contributed by atoms with Crippen LogP contribution >= 0.6 is 0 Å². The first kappa shape index (κ1) is 12.5. The Bertz CT molecular complexity index is 168. The third-order valence-electron chi connectivity index (χ3n) is 2.01. The van der Waals surface area contributed by atoms with Crippen molar-refractivity contribution in [2.24, 2.45) is 17.8 Å². The molecule has 1 atom stereocenters. The number of hydrogen-bond acceptors (Lipinski definition) is 0. The lowest BCUT2D eigenvalue weighted by Crippen LogP contribution is -1.93. The summed E-state index contributed by atoms with van der Waals surface area (Å²) in [7, 11) is 0. The first-order valence-electron chi connectivity index (χ1n) is 5.45. The van der Waals surface area contributed by atoms with E-state index in [1.54, 1.807) is 0 Å². The Labute approximate surface area is 83.7 Å². The molecule has 0 aliphatic heterocycles. The van der Waals surface area contributed by atoms with Crippen LogP contribution < -0.4 is 0 Å². The van der Waals surface area contributed by atoms with Gasteiger partial charge in [-0.3, -0.25) is 0 Å². The Morgan fingerprint density at radius 1 is 0.923 bits per heavy atom. The molecule has 1 unspecified atom stereocenters. The maximum atomic E-state index is 3.26. The summed E-state index contributed by atoms with van der Waals surface area (Å²) in [5, 5.41) is 0. The van der Waals surface area contributed by atoms with E-state index in [0.717, 1.165) is 5.92 Å². The first-order chi connectivity index (χ1) is 6.02. The highest BCUT2D eigenvalue weighted by Crippen LogP contribution is 2.12. The van der Waals surface area contributed by atoms with E-state index in [2.05, 4.69) is 52.5 Å². The Morgan fingerprint density at radius 2 is 1.54 bits per heavy atom. The highest BCUT2D eigenvalue weighted by molar-refractivity contribution is 4.89. The third-order valence-corrected chi connectivity index (χ3v) is 2.01. The molecule has 76 valence electrons. The second-order valence-electron chi connectivity index (χ2n) is 4.69. The summed E-state index contributed by atoms with van der Waals surface area (Å²) < 4.78 is 0. The van der Waals surface area contributed by atoms with Crippen LogP contribution in [-0.2, 0) is 0 Å². The summed E-state index contributed by atoms with van der Waals surface area (Å²) in [6, 6.07) is 0. The predicted octanol–water partition coefficient (Wildman–Crippen LogP) is 4.43. The van der Waals surface area contributed by atoms with Crippen LogP contribution in [0.3, 0.4) is 0 Å². The highest BCUT2D eigenvalue weighted by Gasteiger charge is 1.98. The fourth-order valence-electron chi connectivity index (χ4n) is 1.09. The van der Waals surface area contributed by atoms with E-state index in [0.29, 0.717) is 11.8 Å². The average Bonchev–Trinajstić information content (AvgIpc) is 2.00. The van der Waals surface area contributed by atoms with E-state index in [1.165, 1.54) is 12.8 Å². The molecule has 0 bridgehead atoms. The zero-order valence-electron chi connectivity index (χ0n) is 9.80. The van der Waals surface area contributed by atoms with E-state index in [4.69, 9.17) is 0 Å². The Hall–Kier alpha value is -0.480. The molecule has 0 aliphatic carbocycles. The molecule has 0 saturated heterocycles. The Balaban J connectivity index is 3.73. The van der Waals surface area contributed by atoms with E-state index >= 15 is 0 Å². The first-order valence-corrected chi connectivity index (χ1v) is 5.45. The van der Waals surface area contributed by atoms with Crippen LogP contribution in [0.15, 0.2) is 17.9 Å². The second kappa shape index (κ2) is 6.97. The van der Waals surface area contributed by atoms with Gasteiger partial charge in [0.25, 0.3) is 0 Å². The topological polar surface area (TPSA) is 0 Å². The molecular formula is C13H24. The van der Waals surface area contributed by atoms with Gasteiger partial charge in [0.2, 0.25) is 0 Å². The Kier molecular flexibility index (Phi) is 6.72. The summed E-state index contributed by atoms with van der Waals surface area (Å²) in [6.07, 6.45) is 6.94. The van der Waals surface area contributed by atoms with Crippen LogP contribution in [0.5, 0.6) is 0 Å². The van der Waals surface area contributed by atoms with Crippen molar-refractivity contribution in [3.8, 4) is 0 Å². The van der Waals surface area contributed by atoms with Crippen molar-refractivity contribution in [3.05, 3.63) is 17.9 Å². The minimum atomic E-state index is 0.619. The van der Waals surface area contributed by atoms with Crippen LogP contribution in [0.4, 0.5) is 0 Å². The summed E-state index contributed by atoms with van der Waals surface area (Å²) >= 11 is 0. The van der Waals surface area contributed by atoms with Gasteiger partial charge in [0.15, 0.2) is 0 Å². The highest BCUT2D eigenvalue weighted by atomic mass is 14.0. The molecule has 0 radical (unpaired) electrons. The van der Waals surface area contributed by atoms with Crippen molar-refractivity contribution in [2.75, 3.05) is 0 Å². The number of hydrogen-bond donors (Lipinski definition) is 0. The van der Waals surface area contributed by atoms with Crippen LogP contribution in [-0.4, -0.2) is 0 Å². The Morgan fingerprint density at radius 3 is 2.00 bits per heavy atom. The number of allylic oxidation sites excluding steroid dienone is 1. The normalized spacial score (nSPS) is 12.8. The summed E-state index contributed by atoms with van der Waals surface area (Å²) in [5.74, 6) is 2.12. The van der Waals surface area contributed by atoms with E-state index in [1.807, 2.05) is 0 Å². The molecule has 0 nitrogen and oxygen atoms in total. The number of rotatable bonds is 5. The van der Waals surface area contributed by atoms with Crippen molar-refractivity contribution in [2.45, 2.75) is 47.5 Å².